The maximum Gasteiger partial charge on any atom is 0.265 e. The van der Waals surface area contributed by atoms with Crippen molar-refractivity contribution in [3.05, 3.63) is 24.3 Å². The number of hydrogen-bond donors (Lipinski definition) is 2. The predicted octanol–water partition coefficient (Wildman–Crippen LogP) is 1.40. The van der Waals surface area contributed by atoms with Gasteiger partial charge < -0.3 is 5.73 Å². The third-order valence-corrected chi connectivity index (χ3v) is 8.61. The molecule has 1 aliphatic rings. The Balaban J connectivity index is 2.23. The molecule has 0 spiro atoms. The van der Waals surface area contributed by atoms with Gasteiger partial charge in [-0.05, 0) is 50.5 Å². The number of nitrogens with two attached hydrogens (primary N) is 1. The highest BCUT2D eigenvalue weighted by Crippen LogP contribution is 2.39. The van der Waals surface area contributed by atoms with Crippen molar-refractivity contribution >= 4 is 37.6 Å². The molecule has 172 valence electrons. The highest BCUT2D eigenvalue weighted by Gasteiger charge is 2.51. The molecule has 12 heteroatoms. The minimum absolute atomic E-state index is 0.0336. The number of rotatable bonds is 10. The first-order chi connectivity index (χ1) is 14.4. The van der Waals surface area contributed by atoms with Gasteiger partial charge in [-0.15, -0.1) is 11.8 Å². The molecule has 31 heavy (non-hydrogen) atoms. The molecule has 1 fully saturated rings. The number of sulfone groups is 1. The van der Waals surface area contributed by atoms with Gasteiger partial charge in [0, 0.05) is 10.8 Å². The molecule has 1 aliphatic carbocycles. The number of nitriles is 1. The highest BCUT2D eigenvalue weighted by molar-refractivity contribution is 7.99. The van der Waals surface area contributed by atoms with Crippen molar-refractivity contribution in [1.29, 1.82) is 5.26 Å². The smallest absolute Gasteiger partial charge is 0.265 e. The van der Waals surface area contributed by atoms with Crippen LogP contribution < -0.4 is 11.1 Å². The Morgan fingerprint density at radius 1 is 1.32 bits per heavy atom. The normalized spacial score (nSPS) is 23.1. The van der Waals surface area contributed by atoms with Crippen LogP contribution in [0.25, 0.3) is 0 Å². The monoisotopic (exact) mass is 489 g/mol. The Bertz CT molecular complexity index is 1030. The summed E-state index contributed by atoms with van der Waals surface area (Å²) < 4.78 is 54.7. The maximum atomic E-state index is 13.0. The Hall–Kier alpha value is -1.65. The van der Waals surface area contributed by atoms with Gasteiger partial charge in [0.25, 0.3) is 16.0 Å². The Morgan fingerprint density at radius 2 is 1.97 bits per heavy atom. The summed E-state index contributed by atoms with van der Waals surface area (Å²) in [4.78, 5) is 13.1. The largest absolute Gasteiger partial charge is 0.367 e. The number of thioether (sulfide) groups is 1. The van der Waals surface area contributed by atoms with E-state index in [0.717, 1.165) is 11.2 Å². The van der Waals surface area contributed by atoms with Crippen LogP contribution in [0.1, 0.15) is 32.6 Å². The van der Waals surface area contributed by atoms with Gasteiger partial charge in [0.05, 0.1) is 34.9 Å². The lowest BCUT2D eigenvalue weighted by Gasteiger charge is -2.40. The SMILES string of the molecule is CC(NCC#N)Sc1ccc(S(=O)(=O)CC2CCCCC2(OS(C)(=O)=O)C(N)=O)cc1. The molecule has 3 N–H and O–H groups in total. The summed E-state index contributed by atoms with van der Waals surface area (Å²) in [6.45, 7) is 2.10. The van der Waals surface area contributed by atoms with Gasteiger partial charge in [0.1, 0.15) is 0 Å². The fourth-order valence-corrected chi connectivity index (χ4v) is 7.12. The van der Waals surface area contributed by atoms with Crippen molar-refractivity contribution < 1.29 is 25.8 Å². The fourth-order valence-electron chi connectivity index (χ4n) is 3.70. The number of hydrogen-bond acceptors (Lipinski definition) is 9. The van der Waals surface area contributed by atoms with Crippen molar-refractivity contribution in [3.8, 4) is 6.07 Å². The molecule has 1 aromatic carbocycles. The van der Waals surface area contributed by atoms with Gasteiger partial charge in [-0.25, -0.2) is 8.42 Å². The predicted molar refractivity (Wildman–Crippen MR) is 117 cm³/mol. The fraction of sp³-hybridized carbons (Fsp3) is 0.579. The van der Waals surface area contributed by atoms with E-state index in [0.29, 0.717) is 19.3 Å². The lowest BCUT2D eigenvalue weighted by atomic mass is 9.76. The molecule has 0 aromatic heterocycles. The second-order valence-corrected chi connectivity index (χ2v) is 12.6. The van der Waals surface area contributed by atoms with E-state index in [1.807, 2.05) is 13.0 Å². The van der Waals surface area contributed by atoms with Crippen LogP contribution >= 0.6 is 11.8 Å². The number of nitrogens with zero attached hydrogens (tertiary/aromatic N) is 1. The van der Waals surface area contributed by atoms with Crippen molar-refractivity contribution in [3.63, 3.8) is 0 Å². The third kappa shape index (κ3) is 6.92. The molecule has 0 saturated heterocycles. The molecule has 1 amide bonds. The minimum atomic E-state index is -4.03. The standard InChI is InChI=1S/C19H27N3O6S3/c1-14(22-12-11-20)29-16-6-8-17(9-7-16)31(26,27)13-15-5-3-4-10-19(15,18(21)23)28-30(2,24)25/h6-9,14-15,22H,3-5,10,12-13H2,1-2H3,(H2,21,23). The molecule has 2 rings (SSSR count). The van der Waals surface area contributed by atoms with Crippen molar-refractivity contribution in [2.75, 3.05) is 18.6 Å². The van der Waals surface area contributed by atoms with E-state index in [1.54, 1.807) is 12.1 Å². The zero-order valence-electron chi connectivity index (χ0n) is 17.4. The average molecular weight is 490 g/mol. The topological polar surface area (TPSA) is 156 Å². The summed E-state index contributed by atoms with van der Waals surface area (Å²) in [7, 11) is -7.86. The highest BCUT2D eigenvalue weighted by atomic mass is 32.2. The number of primary amides is 1. The van der Waals surface area contributed by atoms with Crippen LogP contribution in [0.4, 0.5) is 0 Å². The molecule has 3 unspecified atom stereocenters. The van der Waals surface area contributed by atoms with Crippen molar-refractivity contribution in [2.24, 2.45) is 11.7 Å². The van der Waals surface area contributed by atoms with Crippen LogP contribution in [0.15, 0.2) is 34.1 Å². The third-order valence-electron chi connectivity index (χ3n) is 5.11. The molecule has 9 nitrogen and oxygen atoms in total. The zero-order valence-corrected chi connectivity index (χ0v) is 19.9. The van der Waals surface area contributed by atoms with E-state index in [4.69, 9.17) is 15.2 Å². The van der Waals surface area contributed by atoms with Crippen LogP contribution in [0.2, 0.25) is 0 Å². The molecular formula is C19H27N3O6S3. The number of benzene rings is 1. The molecule has 0 bridgehead atoms. The van der Waals surface area contributed by atoms with Gasteiger partial charge in [0.2, 0.25) is 0 Å². The van der Waals surface area contributed by atoms with Crippen LogP contribution in [-0.2, 0) is 28.9 Å². The van der Waals surface area contributed by atoms with Crippen LogP contribution in [-0.4, -0.2) is 52.3 Å². The molecule has 0 aliphatic heterocycles. The molecule has 0 heterocycles. The maximum absolute atomic E-state index is 13.0. The summed E-state index contributed by atoms with van der Waals surface area (Å²) in [6.07, 6.45) is 2.34. The van der Waals surface area contributed by atoms with Crippen molar-refractivity contribution in [1.82, 2.24) is 5.32 Å². The summed E-state index contributed by atoms with van der Waals surface area (Å²) >= 11 is 1.44. The van der Waals surface area contributed by atoms with Crippen LogP contribution in [0.3, 0.4) is 0 Å². The average Bonchev–Trinajstić information content (AvgIpc) is 2.67. The molecular weight excluding hydrogens is 462 g/mol. The molecule has 1 aromatic rings. The van der Waals surface area contributed by atoms with E-state index in [9.17, 15) is 21.6 Å². The lowest BCUT2D eigenvalue weighted by Crippen LogP contribution is -2.56. The van der Waals surface area contributed by atoms with Gasteiger partial charge in [0.15, 0.2) is 15.4 Å². The minimum Gasteiger partial charge on any atom is -0.367 e. The van der Waals surface area contributed by atoms with Gasteiger partial charge in [-0.3, -0.25) is 14.3 Å². The van der Waals surface area contributed by atoms with Gasteiger partial charge in [-0.2, -0.15) is 13.7 Å². The second kappa shape index (κ2) is 10.3. The Kier molecular flexibility index (Phi) is 8.52. The van der Waals surface area contributed by atoms with Crippen LogP contribution in [0, 0.1) is 17.2 Å². The summed E-state index contributed by atoms with van der Waals surface area (Å²) in [5, 5.41) is 11.6. The van der Waals surface area contributed by atoms with E-state index in [-0.39, 0.29) is 23.2 Å². The first-order valence-corrected chi connectivity index (χ1v) is 14.0. The van der Waals surface area contributed by atoms with E-state index in [1.165, 1.54) is 23.9 Å². The quantitative estimate of drug-likeness (QED) is 0.214. The van der Waals surface area contributed by atoms with Gasteiger partial charge >= 0.3 is 0 Å². The lowest BCUT2D eigenvalue weighted by molar-refractivity contribution is -0.140. The Morgan fingerprint density at radius 3 is 2.52 bits per heavy atom. The van der Waals surface area contributed by atoms with E-state index in [2.05, 4.69) is 5.32 Å². The molecule has 1 saturated carbocycles. The van der Waals surface area contributed by atoms with Crippen LogP contribution in [0.5, 0.6) is 0 Å². The summed E-state index contributed by atoms with van der Waals surface area (Å²) in [5.41, 5.74) is 3.64. The van der Waals surface area contributed by atoms with Crippen molar-refractivity contribution in [2.45, 2.75) is 53.4 Å². The number of carbonyl (C=O) groups is 1. The summed E-state index contributed by atoms with van der Waals surface area (Å²) in [6, 6.07) is 8.27. The number of carbonyl (C=O) groups excluding carboxylic acids is 1. The van der Waals surface area contributed by atoms with Gasteiger partial charge in [-0.1, -0.05) is 6.42 Å². The number of nitrogens with one attached hydrogen (secondary N) is 1. The zero-order chi connectivity index (χ0) is 23.3. The number of amides is 1. The Labute approximate surface area is 187 Å². The summed E-state index contributed by atoms with van der Waals surface area (Å²) in [5.74, 6) is -2.29. The first kappa shape index (κ1) is 25.6. The molecule has 3 atom stereocenters. The van der Waals surface area contributed by atoms with E-state index >= 15 is 0 Å². The first-order valence-electron chi connectivity index (χ1n) is 9.70. The second-order valence-electron chi connectivity index (χ2n) is 7.54. The van der Waals surface area contributed by atoms with E-state index < -0.39 is 43.1 Å². The molecule has 0 radical (unpaired) electrons.